The van der Waals surface area contributed by atoms with Crippen molar-refractivity contribution in [1.29, 1.82) is 0 Å². The van der Waals surface area contributed by atoms with E-state index in [1.165, 1.54) is 6.07 Å². The molecule has 0 amide bonds. The Labute approximate surface area is 115 Å². The van der Waals surface area contributed by atoms with E-state index in [1.54, 1.807) is 0 Å². The number of halogens is 1. The molecular weight excluding hydrogens is 271 g/mol. The summed E-state index contributed by atoms with van der Waals surface area (Å²) in [5.41, 5.74) is -0.394. The van der Waals surface area contributed by atoms with Crippen molar-refractivity contribution in [2.24, 2.45) is 0 Å². The maximum atomic E-state index is 13.1. The highest BCUT2D eigenvalue weighted by Gasteiger charge is 2.17. The average molecular weight is 288 g/mol. The van der Waals surface area contributed by atoms with E-state index in [4.69, 9.17) is 9.84 Å². The van der Waals surface area contributed by atoms with E-state index in [-0.39, 0.29) is 25.3 Å². The summed E-state index contributed by atoms with van der Waals surface area (Å²) in [5, 5.41) is 31.8. The van der Waals surface area contributed by atoms with Crippen LogP contribution in [-0.4, -0.2) is 48.0 Å². The van der Waals surface area contributed by atoms with Crippen LogP contribution in [0.1, 0.15) is 11.7 Å². The summed E-state index contributed by atoms with van der Waals surface area (Å²) in [5.74, 6) is -0.934. The van der Waals surface area contributed by atoms with Gasteiger partial charge in [0.25, 0.3) is 0 Å². The molecule has 1 rings (SSSR count). The molecule has 1 unspecified atom stereocenters. The van der Waals surface area contributed by atoms with Gasteiger partial charge in [-0.25, -0.2) is 0 Å². The summed E-state index contributed by atoms with van der Waals surface area (Å²) in [6.07, 6.45) is -0.979. The number of rotatable bonds is 9. The molecule has 112 valence electrons. The van der Waals surface area contributed by atoms with Gasteiger partial charge in [0, 0.05) is 19.2 Å². The molecule has 20 heavy (non-hydrogen) atoms. The predicted molar refractivity (Wildman–Crippen MR) is 68.8 cm³/mol. The Morgan fingerprint density at radius 3 is 2.85 bits per heavy atom. The molecule has 1 aromatic rings. The van der Waals surface area contributed by atoms with Crippen LogP contribution in [0.5, 0.6) is 0 Å². The van der Waals surface area contributed by atoms with E-state index in [9.17, 15) is 19.6 Å². The monoisotopic (exact) mass is 288 g/mol. The van der Waals surface area contributed by atoms with Gasteiger partial charge in [0.05, 0.1) is 30.8 Å². The summed E-state index contributed by atoms with van der Waals surface area (Å²) < 4.78 is 18.1. The van der Waals surface area contributed by atoms with Crippen molar-refractivity contribution in [1.82, 2.24) is 5.32 Å². The molecule has 0 spiro atoms. The van der Waals surface area contributed by atoms with Gasteiger partial charge in [-0.05, 0) is 11.6 Å². The molecule has 7 nitrogen and oxygen atoms in total. The zero-order chi connectivity index (χ0) is 15.0. The molecule has 3 N–H and O–H groups in total. The topological polar surface area (TPSA) is 105 Å². The molecule has 0 aliphatic rings. The quantitative estimate of drug-likeness (QED) is 0.344. The van der Waals surface area contributed by atoms with Crippen molar-refractivity contribution < 1.29 is 24.3 Å². The van der Waals surface area contributed by atoms with Crippen LogP contribution < -0.4 is 5.32 Å². The Balaban J connectivity index is 2.45. The standard InChI is InChI=1S/C12H17FN2O5/c13-10-2-1-9(7-11(10)15(18)19)12(17)8-14-3-5-20-6-4-16/h1-2,7,12,14,16-17H,3-6,8H2. The average Bonchev–Trinajstić information content (AvgIpc) is 2.42. The third-order valence-corrected chi connectivity index (χ3v) is 2.55. The molecule has 0 aromatic heterocycles. The molecule has 8 heteroatoms. The number of ether oxygens (including phenoxy) is 1. The largest absolute Gasteiger partial charge is 0.394 e. The van der Waals surface area contributed by atoms with E-state index in [2.05, 4.69) is 5.32 Å². The molecule has 0 fully saturated rings. The Bertz CT molecular complexity index is 444. The Hall–Kier alpha value is -1.61. The highest BCUT2D eigenvalue weighted by molar-refractivity contribution is 5.37. The van der Waals surface area contributed by atoms with Crippen molar-refractivity contribution in [2.75, 3.05) is 32.9 Å². The van der Waals surface area contributed by atoms with Crippen molar-refractivity contribution in [3.05, 3.63) is 39.7 Å². The Kier molecular flexibility index (Phi) is 7.02. The zero-order valence-corrected chi connectivity index (χ0v) is 10.8. The first-order valence-corrected chi connectivity index (χ1v) is 6.07. The second-order valence-electron chi connectivity index (χ2n) is 4.02. The van der Waals surface area contributed by atoms with Gasteiger partial charge >= 0.3 is 5.69 Å². The maximum absolute atomic E-state index is 13.1. The summed E-state index contributed by atoms with van der Waals surface area (Å²) in [4.78, 5) is 9.76. The summed E-state index contributed by atoms with van der Waals surface area (Å²) in [7, 11) is 0. The van der Waals surface area contributed by atoms with Gasteiger partial charge < -0.3 is 20.3 Å². The molecule has 0 saturated carbocycles. The first-order valence-electron chi connectivity index (χ1n) is 6.07. The predicted octanol–water partition coefficient (Wildman–Crippen LogP) is 0.366. The fourth-order valence-electron chi connectivity index (χ4n) is 1.54. The lowest BCUT2D eigenvalue weighted by molar-refractivity contribution is -0.387. The minimum absolute atomic E-state index is 0.0537. The lowest BCUT2D eigenvalue weighted by atomic mass is 10.1. The van der Waals surface area contributed by atoms with Crippen LogP contribution in [0.3, 0.4) is 0 Å². The van der Waals surface area contributed by atoms with Crippen molar-refractivity contribution in [3.63, 3.8) is 0 Å². The fraction of sp³-hybridized carbons (Fsp3) is 0.500. The molecule has 0 bridgehead atoms. The van der Waals surface area contributed by atoms with Crippen LogP contribution in [-0.2, 0) is 4.74 Å². The van der Waals surface area contributed by atoms with Gasteiger partial charge in [0.15, 0.2) is 0 Å². The third kappa shape index (κ3) is 5.17. The van der Waals surface area contributed by atoms with Crippen LogP contribution in [0, 0.1) is 15.9 Å². The van der Waals surface area contributed by atoms with Gasteiger partial charge in [-0.15, -0.1) is 0 Å². The number of aliphatic hydroxyl groups is 2. The second kappa shape index (κ2) is 8.54. The maximum Gasteiger partial charge on any atom is 0.305 e. The van der Waals surface area contributed by atoms with Crippen LogP contribution in [0.25, 0.3) is 0 Å². The van der Waals surface area contributed by atoms with E-state index in [1.807, 2.05) is 0 Å². The highest BCUT2D eigenvalue weighted by atomic mass is 19.1. The summed E-state index contributed by atoms with van der Waals surface area (Å²) in [6, 6.07) is 3.28. The van der Waals surface area contributed by atoms with Crippen LogP contribution in [0.2, 0.25) is 0 Å². The fourth-order valence-corrected chi connectivity index (χ4v) is 1.54. The zero-order valence-electron chi connectivity index (χ0n) is 10.8. The third-order valence-electron chi connectivity index (χ3n) is 2.55. The van der Waals surface area contributed by atoms with Gasteiger partial charge in [-0.1, -0.05) is 6.07 Å². The van der Waals surface area contributed by atoms with Gasteiger partial charge in [-0.2, -0.15) is 4.39 Å². The van der Waals surface area contributed by atoms with Gasteiger partial charge in [0.1, 0.15) is 0 Å². The SMILES string of the molecule is O=[N+]([O-])c1cc(C(O)CNCCOCCO)ccc1F. The first kappa shape index (κ1) is 16.4. The number of nitrogens with zero attached hydrogens (tertiary/aromatic N) is 1. The molecule has 0 aliphatic carbocycles. The van der Waals surface area contributed by atoms with E-state index in [0.29, 0.717) is 13.2 Å². The van der Waals surface area contributed by atoms with Gasteiger partial charge in [-0.3, -0.25) is 10.1 Å². The molecule has 0 saturated heterocycles. The lowest BCUT2D eigenvalue weighted by Crippen LogP contribution is -2.25. The molecule has 1 aromatic carbocycles. The molecule has 0 heterocycles. The van der Waals surface area contributed by atoms with Crippen LogP contribution in [0.15, 0.2) is 18.2 Å². The minimum Gasteiger partial charge on any atom is -0.394 e. The second-order valence-corrected chi connectivity index (χ2v) is 4.02. The van der Waals surface area contributed by atoms with E-state index in [0.717, 1.165) is 12.1 Å². The summed E-state index contributed by atoms with van der Waals surface area (Å²) >= 11 is 0. The van der Waals surface area contributed by atoms with E-state index < -0.39 is 22.5 Å². The molecular formula is C12H17FN2O5. The smallest absolute Gasteiger partial charge is 0.305 e. The number of nitro benzene ring substituents is 1. The normalized spacial score (nSPS) is 12.3. The first-order chi connectivity index (χ1) is 9.56. The molecule has 1 atom stereocenters. The minimum atomic E-state index is -0.979. The Morgan fingerprint density at radius 2 is 2.20 bits per heavy atom. The highest BCUT2D eigenvalue weighted by Crippen LogP contribution is 2.22. The summed E-state index contributed by atoms with van der Waals surface area (Å²) in [6.45, 7) is 1.18. The van der Waals surface area contributed by atoms with Crippen molar-refractivity contribution in [3.8, 4) is 0 Å². The number of hydrogen-bond acceptors (Lipinski definition) is 6. The number of aliphatic hydroxyl groups excluding tert-OH is 2. The number of hydrogen-bond donors (Lipinski definition) is 3. The lowest BCUT2D eigenvalue weighted by Gasteiger charge is -2.12. The molecule has 0 radical (unpaired) electrons. The van der Waals surface area contributed by atoms with E-state index >= 15 is 0 Å². The molecule has 0 aliphatic heterocycles. The van der Waals surface area contributed by atoms with Gasteiger partial charge in [0.2, 0.25) is 5.82 Å². The number of nitrogens with one attached hydrogen (secondary N) is 1. The van der Waals surface area contributed by atoms with Crippen molar-refractivity contribution >= 4 is 5.69 Å². The van der Waals surface area contributed by atoms with Crippen LogP contribution in [0.4, 0.5) is 10.1 Å². The van der Waals surface area contributed by atoms with Crippen LogP contribution >= 0.6 is 0 Å². The number of nitro groups is 1. The Morgan fingerprint density at radius 1 is 1.45 bits per heavy atom. The number of benzene rings is 1. The van der Waals surface area contributed by atoms with Crippen molar-refractivity contribution in [2.45, 2.75) is 6.10 Å².